The van der Waals surface area contributed by atoms with Gasteiger partial charge in [0.1, 0.15) is 5.15 Å². The molecular formula is C24H28ClN5OS. The Morgan fingerprint density at radius 1 is 1.16 bits per heavy atom. The highest BCUT2D eigenvalue weighted by Crippen LogP contribution is 2.29. The largest absolute Gasteiger partial charge is 0.390 e. The number of anilines is 1. The van der Waals surface area contributed by atoms with Crippen LogP contribution in [0.3, 0.4) is 0 Å². The molecule has 1 aliphatic heterocycles. The molecule has 168 valence electrons. The summed E-state index contributed by atoms with van der Waals surface area (Å²) in [7, 11) is 0. The minimum absolute atomic E-state index is 0.331. The van der Waals surface area contributed by atoms with Crippen molar-refractivity contribution in [2.45, 2.75) is 31.4 Å². The van der Waals surface area contributed by atoms with Crippen LogP contribution >= 0.6 is 23.5 Å². The lowest BCUT2D eigenvalue weighted by atomic mass is 10.00. The van der Waals surface area contributed by atoms with Crippen molar-refractivity contribution < 1.29 is 5.11 Å². The lowest BCUT2D eigenvalue weighted by Crippen LogP contribution is -2.32. The van der Waals surface area contributed by atoms with Crippen LogP contribution in [0.2, 0.25) is 5.15 Å². The van der Waals surface area contributed by atoms with Crippen molar-refractivity contribution in [1.82, 2.24) is 20.2 Å². The lowest BCUT2D eigenvalue weighted by molar-refractivity contribution is 0.127. The number of hydrogen-bond donors (Lipinski definition) is 3. The summed E-state index contributed by atoms with van der Waals surface area (Å²) in [5, 5.41) is 13.7. The zero-order valence-electron chi connectivity index (χ0n) is 18.3. The highest BCUT2D eigenvalue weighted by Gasteiger charge is 2.16. The van der Waals surface area contributed by atoms with Crippen molar-refractivity contribution in [2.24, 2.45) is 0 Å². The van der Waals surface area contributed by atoms with Crippen molar-refractivity contribution >= 4 is 29.5 Å². The molecule has 0 saturated carbocycles. The topological polar surface area (TPSA) is 73.3 Å². The molecule has 0 bridgehead atoms. The van der Waals surface area contributed by atoms with Crippen LogP contribution in [-0.2, 0) is 6.54 Å². The van der Waals surface area contributed by atoms with Crippen LogP contribution in [0.5, 0.6) is 0 Å². The van der Waals surface area contributed by atoms with Gasteiger partial charge < -0.3 is 10.4 Å². The Morgan fingerprint density at radius 2 is 1.94 bits per heavy atom. The van der Waals surface area contributed by atoms with Crippen molar-refractivity contribution in [3.63, 3.8) is 0 Å². The van der Waals surface area contributed by atoms with Gasteiger partial charge in [-0.1, -0.05) is 41.9 Å². The van der Waals surface area contributed by atoms with Crippen LogP contribution in [0.25, 0.3) is 11.3 Å². The Bertz CT molecular complexity index is 1060. The summed E-state index contributed by atoms with van der Waals surface area (Å²) in [6.45, 7) is 8.10. The van der Waals surface area contributed by atoms with E-state index in [0.717, 1.165) is 46.9 Å². The van der Waals surface area contributed by atoms with Crippen LogP contribution in [0.1, 0.15) is 16.7 Å². The average molecular weight is 470 g/mol. The summed E-state index contributed by atoms with van der Waals surface area (Å²) in [5.41, 5.74) is 5.40. The molecule has 1 aliphatic rings. The van der Waals surface area contributed by atoms with Crippen molar-refractivity contribution in [2.75, 3.05) is 30.9 Å². The number of halogens is 1. The first-order chi connectivity index (χ1) is 15.5. The summed E-state index contributed by atoms with van der Waals surface area (Å²) in [6.07, 6.45) is -0.331. The Hall–Kier alpha value is -2.16. The molecule has 6 nitrogen and oxygen atoms in total. The van der Waals surface area contributed by atoms with Gasteiger partial charge in [-0.25, -0.2) is 9.97 Å². The second-order valence-electron chi connectivity index (χ2n) is 8.11. The molecule has 1 saturated heterocycles. The van der Waals surface area contributed by atoms with Crippen LogP contribution in [0.4, 0.5) is 5.95 Å². The van der Waals surface area contributed by atoms with Gasteiger partial charge in [0.15, 0.2) is 0 Å². The van der Waals surface area contributed by atoms with E-state index in [-0.39, 0.29) is 6.10 Å². The first-order valence-corrected chi connectivity index (χ1v) is 11.9. The first-order valence-electron chi connectivity index (χ1n) is 10.7. The summed E-state index contributed by atoms with van der Waals surface area (Å²) in [5.74, 6) is 0.479. The maximum Gasteiger partial charge on any atom is 0.235 e. The van der Waals surface area contributed by atoms with E-state index in [9.17, 15) is 5.11 Å². The standard InChI is InChI=1S/C24H28ClN5OS/c1-16-5-3-6-17(2)23(16)21-12-22(25)28-24(27-21)29-32-20-8-4-7-18(11-20)14-30-10-9-26-13-19(31)15-30/h3-8,11-12,19,26,31H,9-10,13-15H2,1-2H3,(H,27,28,29). The number of rotatable bonds is 6. The maximum absolute atomic E-state index is 10.0. The third-order valence-corrected chi connectivity index (χ3v) is 6.42. The summed E-state index contributed by atoms with van der Waals surface area (Å²) in [4.78, 5) is 12.4. The molecule has 1 atom stereocenters. The summed E-state index contributed by atoms with van der Waals surface area (Å²) < 4.78 is 3.25. The van der Waals surface area contributed by atoms with Crippen molar-refractivity contribution in [1.29, 1.82) is 0 Å². The van der Waals surface area contributed by atoms with Gasteiger partial charge in [0, 0.05) is 49.2 Å². The summed E-state index contributed by atoms with van der Waals surface area (Å²) >= 11 is 7.78. The molecule has 32 heavy (non-hydrogen) atoms. The fourth-order valence-corrected chi connectivity index (χ4v) is 4.82. The molecule has 2 heterocycles. The molecule has 8 heteroatoms. The fourth-order valence-electron chi connectivity index (χ4n) is 3.98. The van der Waals surface area contributed by atoms with Crippen molar-refractivity contribution in [3.8, 4) is 11.3 Å². The molecule has 0 amide bonds. The van der Waals surface area contributed by atoms with E-state index in [2.05, 4.69) is 64.1 Å². The lowest BCUT2D eigenvalue weighted by Gasteiger charge is -2.21. The second kappa shape index (κ2) is 10.6. The number of benzene rings is 2. The fraction of sp³-hybridized carbons (Fsp3) is 0.333. The Labute approximate surface area is 198 Å². The molecule has 0 spiro atoms. The van der Waals surface area contributed by atoms with Gasteiger partial charge in [0.05, 0.1) is 11.8 Å². The monoisotopic (exact) mass is 469 g/mol. The van der Waals surface area contributed by atoms with E-state index in [1.807, 2.05) is 12.1 Å². The molecule has 1 aromatic heterocycles. The minimum atomic E-state index is -0.331. The highest BCUT2D eigenvalue weighted by molar-refractivity contribution is 8.00. The minimum Gasteiger partial charge on any atom is -0.390 e. The molecule has 3 aromatic rings. The zero-order valence-corrected chi connectivity index (χ0v) is 19.9. The number of aliphatic hydroxyl groups excluding tert-OH is 1. The van der Waals surface area contributed by atoms with E-state index in [0.29, 0.717) is 24.2 Å². The average Bonchev–Trinajstić information content (AvgIpc) is 2.96. The number of nitrogens with zero attached hydrogens (tertiary/aromatic N) is 3. The van der Waals surface area contributed by atoms with E-state index >= 15 is 0 Å². The van der Waals surface area contributed by atoms with E-state index in [1.54, 1.807) is 6.07 Å². The maximum atomic E-state index is 10.0. The highest BCUT2D eigenvalue weighted by atomic mass is 35.5. The van der Waals surface area contributed by atoms with Crippen molar-refractivity contribution in [3.05, 3.63) is 70.4 Å². The number of nitrogens with one attached hydrogen (secondary N) is 2. The predicted octanol–water partition coefficient (Wildman–Crippen LogP) is 4.30. The predicted molar refractivity (Wildman–Crippen MR) is 132 cm³/mol. The van der Waals surface area contributed by atoms with Gasteiger partial charge in [-0.2, -0.15) is 0 Å². The Balaban J connectivity index is 1.46. The van der Waals surface area contributed by atoms with Gasteiger partial charge in [-0.05, 0) is 54.6 Å². The molecule has 3 N–H and O–H groups in total. The normalized spacial score (nSPS) is 17.2. The number of aliphatic hydroxyl groups is 1. The SMILES string of the molecule is Cc1cccc(C)c1-c1cc(Cl)nc(NSc2cccc(CN3CCNCC(O)C3)c2)n1. The number of hydrogen-bond acceptors (Lipinski definition) is 7. The van der Waals surface area contributed by atoms with Gasteiger partial charge in [0.2, 0.25) is 5.95 Å². The smallest absolute Gasteiger partial charge is 0.235 e. The molecule has 0 aliphatic carbocycles. The van der Waals surface area contributed by atoms with E-state index in [1.165, 1.54) is 17.5 Å². The number of aromatic nitrogens is 2. The van der Waals surface area contributed by atoms with Gasteiger partial charge >= 0.3 is 0 Å². The van der Waals surface area contributed by atoms with Crippen LogP contribution in [0.15, 0.2) is 53.4 Å². The summed E-state index contributed by atoms with van der Waals surface area (Å²) in [6, 6.07) is 16.4. The van der Waals surface area contributed by atoms with Crippen LogP contribution in [-0.4, -0.2) is 52.3 Å². The Morgan fingerprint density at radius 3 is 2.75 bits per heavy atom. The molecule has 1 unspecified atom stereocenters. The van der Waals surface area contributed by atoms with E-state index < -0.39 is 0 Å². The third kappa shape index (κ3) is 5.99. The Kier molecular flexibility index (Phi) is 7.65. The molecule has 2 aromatic carbocycles. The number of β-amino-alcohol motifs (C(OH)–C–C–N with tert-alkyl or cyclic N) is 1. The second-order valence-corrected chi connectivity index (χ2v) is 9.38. The van der Waals surface area contributed by atoms with Gasteiger partial charge in [0.25, 0.3) is 0 Å². The van der Waals surface area contributed by atoms with Crippen LogP contribution < -0.4 is 10.0 Å². The molecular weight excluding hydrogens is 442 g/mol. The van der Waals surface area contributed by atoms with Gasteiger partial charge in [-0.15, -0.1) is 0 Å². The zero-order chi connectivity index (χ0) is 22.5. The molecule has 0 radical (unpaired) electrons. The molecule has 1 fully saturated rings. The molecule has 4 rings (SSSR count). The van der Waals surface area contributed by atoms with E-state index in [4.69, 9.17) is 16.6 Å². The number of aryl methyl sites for hydroxylation is 2. The third-order valence-electron chi connectivity index (χ3n) is 5.45. The first kappa shape index (κ1) is 23.0. The quantitative estimate of drug-likeness (QED) is 0.367. The van der Waals surface area contributed by atoms with Crippen LogP contribution in [0, 0.1) is 13.8 Å². The van der Waals surface area contributed by atoms with Gasteiger partial charge in [-0.3, -0.25) is 9.62 Å².